The standard InChI is InChI=1S/C11H21NO/c1-3-8(2)6-11(12)7-9-4-5-10(11)13-9/h8-10H,3-7,12H2,1-2H3. The highest BCUT2D eigenvalue weighted by Crippen LogP contribution is 2.43. The van der Waals surface area contributed by atoms with Gasteiger partial charge >= 0.3 is 0 Å². The van der Waals surface area contributed by atoms with E-state index in [1.807, 2.05) is 0 Å². The summed E-state index contributed by atoms with van der Waals surface area (Å²) in [5.74, 6) is 0.743. The summed E-state index contributed by atoms with van der Waals surface area (Å²) in [5, 5.41) is 0. The number of nitrogens with two attached hydrogens (primary N) is 1. The van der Waals surface area contributed by atoms with E-state index in [4.69, 9.17) is 10.5 Å². The predicted molar refractivity (Wildman–Crippen MR) is 53.5 cm³/mol. The second-order valence-corrected chi connectivity index (χ2v) is 4.98. The van der Waals surface area contributed by atoms with Crippen LogP contribution in [0.1, 0.15) is 46.0 Å². The average molecular weight is 183 g/mol. The Balaban J connectivity index is 1.97. The maximum atomic E-state index is 6.40. The lowest BCUT2D eigenvalue weighted by Crippen LogP contribution is -2.49. The van der Waals surface area contributed by atoms with E-state index in [9.17, 15) is 0 Å². The van der Waals surface area contributed by atoms with Gasteiger partial charge in [-0.25, -0.2) is 0 Å². The lowest BCUT2D eigenvalue weighted by molar-refractivity contribution is 0.0802. The molecule has 0 aromatic heterocycles. The number of rotatable bonds is 3. The molecule has 0 amide bonds. The first-order valence-corrected chi connectivity index (χ1v) is 5.58. The molecule has 0 aromatic carbocycles. The van der Waals surface area contributed by atoms with E-state index < -0.39 is 0 Å². The Labute approximate surface area is 80.8 Å². The van der Waals surface area contributed by atoms with Crippen molar-refractivity contribution in [3.63, 3.8) is 0 Å². The van der Waals surface area contributed by atoms with Crippen LogP contribution in [0, 0.1) is 5.92 Å². The Kier molecular flexibility index (Phi) is 2.37. The minimum Gasteiger partial charge on any atom is -0.373 e. The first kappa shape index (κ1) is 9.47. The van der Waals surface area contributed by atoms with Gasteiger partial charge in [0.1, 0.15) is 0 Å². The van der Waals surface area contributed by atoms with Gasteiger partial charge in [-0.1, -0.05) is 20.3 Å². The largest absolute Gasteiger partial charge is 0.373 e. The van der Waals surface area contributed by atoms with Gasteiger partial charge in [-0.2, -0.15) is 0 Å². The van der Waals surface area contributed by atoms with Crippen LogP contribution < -0.4 is 5.73 Å². The molecule has 2 bridgehead atoms. The zero-order valence-electron chi connectivity index (χ0n) is 8.75. The van der Waals surface area contributed by atoms with Crippen molar-refractivity contribution in [3.05, 3.63) is 0 Å². The molecule has 0 radical (unpaired) electrons. The highest BCUT2D eigenvalue weighted by atomic mass is 16.5. The minimum atomic E-state index is 0.0122. The topological polar surface area (TPSA) is 35.2 Å². The first-order valence-electron chi connectivity index (χ1n) is 5.58. The maximum absolute atomic E-state index is 6.40. The zero-order chi connectivity index (χ0) is 9.47. The van der Waals surface area contributed by atoms with Crippen molar-refractivity contribution < 1.29 is 4.74 Å². The Bertz CT molecular complexity index is 195. The van der Waals surface area contributed by atoms with Crippen LogP contribution in [0.4, 0.5) is 0 Å². The third kappa shape index (κ3) is 1.62. The van der Waals surface area contributed by atoms with E-state index in [1.54, 1.807) is 0 Å². The fraction of sp³-hybridized carbons (Fsp3) is 1.00. The van der Waals surface area contributed by atoms with Gasteiger partial charge in [-0.15, -0.1) is 0 Å². The molecule has 2 aliphatic rings. The zero-order valence-corrected chi connectivity index (χ0v) is 8.75. The molecule has 2 heteroatoms. The second-order valence-electron chi connectivity index (χ2n) is 4.98. The Morgan fingerprint density at radius 2 is 2.31 bits per heavy atom. The van der Waals surface area contributed by atoms with E-state index in [0.29, 0.717) is 12.2 Å². The average Bonchev–Trinajstić information content (AvgIpc) is 2.62. The highest BCUT2D eigenvalue weighted by molar-refractivity contribution is 5.05. The molecule has 2 nitrogen and oxygen atoms in total. The number of ether oxygens (including phenoxy) is 1. The molecule has 2 rings (SSSR count). The molecule has 0 spiro atoms. The third-order valence-corrected chi connectivity index (χ3v) is 3.78. The van der Waals surface area contributed by atoms with Crippen molar-refractivity contribution >= 4 is 0 Å². The summed E-state index contributed by atoms with van der Waals surface area (Å²) in [6, 6.07) is 0. The molecule has 2 aliphatic heterocycles. The van der Waals surface area contributed by atoms with Gasteiger partial charge in [0, 0.05) is 5.54 Å². The molecule has 0 aromatic rings. The van der Waals surface area contributed by atoms with Gasteiger partial charge in [0.2, 0.25) is 0 Å². The number of fused-ring (bicyclic) bond motifs is 2. The normalized spacial score (nSPS) is 45.5. The molecule has 4 atom stereocenters. The summed E-state index contributed by atoms with van der Waals surface area (Å²) in [6.07, 6.45) is 6.76. The lowest BCUT2D eigenvalue weighted by atomic mass is 9.76. The molecule has 0 aliphatic carbocycles. The van der Waals surface area contributed by atoms with Crippen LogP contribution >= 0.6 is 0 Å². The van der Waals surface area contributed by atoms with Crippen molar-refractivity contribution in [2.24, 2.45) is 11.7 Å². The van der Waals surface area contributed by atoms with Gasteiger partial charge in [0.15, 0.2) is 0 Å². The van der Waals surface area contributed by atoms with Crippen LogP contribution in [0.5, 0.6) is 0 Å². The molecule has 2 fully saturated rings. The quantitative estimate of drug-likeness (QED) is 0.727. The van der Waals surface area contributed by atoms with Crippen molar-refractivity contribution in [3.8, 4) is 0 Å². The maximum Gasteiger partial charge on any atom is 0.0760 e. The molecular weight excluding hydrogens is 162 g/mol. The molecule has 4 unspecified atom stereocenters. The molecular formula is C11H21NO. The van der Waals surface area contributed by atoms with Crippen LogP contribution in [-0.2, 0) is 4.74 Å². The summed E-state index contributed by atoms with van der Waals surface area (Å²) in [6.45, 7) is 4.53. The predicted octanol–water partition coefficient (Wildman–Crippen LogP) is 2.07. The first-order chi connectivity index (χ1) is 6.14. The van der Waals surface area contributed by atoms with Crippen LogP contribution in [0.25, 0.3) is 0 Å². The van der Waals surface area contributed by atoms with Crippen molar-refractivity contribution in [2.75, 3.05) is 0 Å². The second kappa shape index (κ2) is 3.25. The summed E-state index contributed by atoms with van der Waals surface area (Å²) in [5.41, 5.74) is 6.41. The van der Waals surface area contributed by atoms with Crippen LogP contribution in [0.15, 0.2) is 0 Å². The van der Waals surface area contributed by atoms with E-state index in [2.05, 4.69) is 13.8 Å². The van der Waals surface area contributed by atoms with Crippen molar-refractivity contribution in [1.82, 2.24) is 0 Å². The molecule has 76 valence electrons. The number of hydrogen-bond donors (Lipinski definition) is 1. The molecule has 2 N–H and O–H groups in total. The van der Waals surface area contributed by atoms with Crippen molar-refractivity contribution in [1.29, 1.82) is 0 Å². The molecule has 2 saturated heterocycles. The lowest BCUT2D eigenvalue weighted by Gasteiger charge is -2.33. The van der Waals surface area contributed by atoms with Crippen LogP contribution in [0.3, 0.4) is 0 Å². The summed E-state index contributed by atoms with van der Waals surface area (Å²) in [4.78, 5) is 0. The number of hydrogen-bond acceptors (Lipinski definition) is 2. The van der Waals surface area contributed by atoms with Gasteiger partial charge in [0.25, 0.3) is 0 Å². The monoisotopic (exact) mass is 183 g/mol. The summed E-state index contributed by atoms with van der Waals surface area (Å²) < 4.78 is 5.81. The van der Waals surface area contributed by atoms with Gasteiger partial charge in [-0.05, 0) is 31.6 Å². The van der Waals surface area contributed by atoms with Crippen LogP contribution in [-0.4, -0.2) is 17.7 Å². The smallest absolute Gasteiger partial charge is 0.0760 e. The summed E-state index contributed by atoms with van der Waals surface area (Å²) in [7, 11) is 0. The Morgan fingerprint density at radius 1 is 1.54 bits per heavy atom. The molecule has 2 heterocycles. The van der Waals surface area contributed by atoms with E-state index in [1.165, 1.54) is 19.3 Å². The Hall–Kier alpha value is -0.0800. The molecule has 0 saturated carbocycles. The SMILES string of the molecule is CCC(C)CC1(N)CC2CCC1O2. The fourth-order valence-corrected chi connectivity index (χ4v) is 2.84. The fourth-order valence-electron chi connectivity index (χ4n) is 2.84. The Morgan fingerprint density at radius 3 is 2.77 bits per heavy atom. The third-order valence-electron chi connectivity index (χ3n) is 3.78. The van der Waals surface area contributed by atoms with Crippen molar-refractivity contribution in [2.45, 2.75) is 63.7 Å². The van der Waals surface area contributed by atoms with Gasteiger partial charge < -0.3 is 10.5 Å². The van der Waals surface area contributed by atoms with Gasteiger partial charge in [0.05, 0.1) is 12.2 Å². The van der Waals surface area contributed by atoms with E-state index in [0.717, 1.165) is 18.8 Å². The highest BCUT2D eigenvalue weighted by Gasteiger charge is 2.49. The molecule has 13 heavy (non-hydrogen) atoms. The minimum absolute atomic E-state index is 0.0122. The van der Waals surface area contributed by atoms with E-state index >= 15 is 0 Å². The van der Waals surface area contributed by atoms with Crippen LogP contribution in [0.2, 0.25) is 0 Å². The van der Waals surface area contributed by atoms with E-state index in [-0.39, 0.29) is 5.54 Å². The van der Waals surface area contributed by atoms with Gasteiger partial charge in [-0.3, -0.25) is 0 Å². The summed E-state index contributed by atoms with van der Waals surface area (Å²) >= 11 is 0.